The Hall–Kier alpha value is -1.20. The molecule has 2 N–H and O–H groups in total. The first-order valence-corrected chi connectivity index (χ1v) is 8.74. The van der Waals surface area contributed by atoms with Crippen molar-refractivity contribution in [1.82, 2.24) is 15.3 Å². The van der Waals surface area contributed by atoms with Crippen LogP contribution in [0.15, 0.2) is 4.79 Å². The van der Waals surface area contributed by atoms with E-state index in [4.69, 9.17) is 4.98 Å². The molecule has 0 amide bonds. The molecule has 0 bridgehead atoms. The van der Waals surface area contributed by atoms with Crippen molar-refractivity contribution in [3.63, 3.8) is 0 Å². The molecule has 2 heterocycles. The predicted octanol–water partition coefficient (Wildman–Crippen LogP) is 2.92. The second-order valence-corrected chi connectivity index (χ2v) is 7.73. The Kier molecular flexibility index (Phi) is 3.15. The molecule has 0 saturated heterocycles. The van der Waals surface area contributed by atoms with Gasteiger partial charge in [-0.3, -0.25) is 4.79 Å². The van der Waals surface area contributed by atoms with Gasteiger partial charge in [0, 0.05) is 10.9 Å². The standard InChI is InChI=1S/C16H21N3OS/c1-8-3-6-11-12(7-8)21-16-13(11)15(20)18-14(19-16)9(2)17-10-4-5-10/h8-10,17H,3-7H2,1-2H3,(H,18,19,20)/t8-,9-/m0/s1. The monoisotopic (exact) mass is 303 g/mol. The molecule has 0 unspecified atom stereocenters. The summed E-state index contributed by atoms with van der Waals surface area (Å²) in [5.41, 5.74) is 1.31. The van der Waals surface area contributed by atoms with Gasteiger partial charge in [-0.15, -0.1) is 11.3 Å². The molecule has 4 nitrogen and oxygen atoms in total. The molecule has 0 spiro atoms. The van der Waals surface area contributed by atoms with E-state index < -0.39 is 0 Å². The lowest BCUT2D eigenvalue weighted by Crippen LogP contribution is -2.25. The molecule has 21 heavy (non-hydrogen) atoms. The van der Waals surface area contributed by atoms with E-state index in [-0.39, 0.29) is 11.6 Å². The molecule has 112 valence electrons. The van der Waals surface area contributed by atoms with Gasteiger partial charge in [0.25, 0.3) is 5.56 Å². The summed E-state index contributed by atoms with van der Waals surface area (Å²) in [7, 11) is 0. The number of hydrogen-bond donors (Lipinski definition) is 2. The molecule has 1 fully saturated rings. The minimum atomic E-state index is 0.0477. The minimum Gasteiger partial charge on any atom is -0.309 e. The van der Waals surface area contributed by atoms with E-state index in [0.29, 0.717) is 6.04 Å². The summed E-state index contributed by atoms with van der Waals surface area (Å²) in [5.74, 6) is 1.51. The lowest BCUT2D eigenvalue weighted by molar-refractivity contribution is 0.509. The smallest absolute Gasteiger partial charge is 0.259 e. The number of hydrogen-bond acceptors (Lipinski definition) is 4. The summed E-state index contributed by atoms with van der Waals surface area (Å²) in [6.07, 6.45) is 5.78. The number of nitrogens with zero attached hydrogens (tertiary/aromatic N) is 1. The first-order chi connectivity index (χ1) is 10.1. The Morgan fingerprint density at radius 3 is 2.95 bits per heavy atom. The molecule has 2 aromatic rings. The normalized spacial score (nSPS) is 23.2. The molecular formula is C16H21N3OS. The van der Waals surface area contributed by atoms with Gasteiger partial charge >= 0.3 is 0 Å². The SMILES string of the molecule is C[C@H]1CCc2c(sc3nc([C@H](C)NC4CC4)[nH]c(=O)c23)C1. The summed E-state index contributed by atoms with van der Waals surface area (Å²) < 4.78 is 0. The Morgan fingerprint density at radius 1 is 1.38 bits per heavy atom. The number of nitrogens with one attached hydrogen (secondary N) is 2. The fourth-order valence-corrected chi connectivity index (χ4v) is 4.64. The third-order valence-corrected chi connectivity index (χ3v) is 5.81. The first-order valence-electron chi connectivity index (χ1n) is 7.92. The zero-order valence-electron chi connectivity index (χ0n) is 12.5. The number of thiophene rings is 1. The van der Waals surface area contributed by atoms with Crippen LogP contribution in [0.4, 0.5) is 0 Å². The molecule has 5 heteroatoms. The van der Waals surface area contributed by atoms with E-state index in [1.165, 1.54) is 29.7 Å². The topological polar surface area (TPSA) is 57.8 Å². The van der Waals surface area contributed by atoms with E-state index in [2.05, 4.69) is 24.1 Å². The number of H-pyrrole nitrogens is 1. The third kappa shape index (κ3) is 2.42. The van der Waals surface area contributed by atoms with Crippen LogP contribution in [0.5, 0.6) is 0 Å². The van der Waals surface area contributed by atoms with Gasteiger partial charge in [-0.25, -0.2) is 4.98 Å². The highest BCUT2D eigenvalue weighted by Gasteiger charge is 2.26. The van der Waals surface area contributed by atoms with Crippen molar-refractivity contribution in [2.45, 2.75) is 58.0 Å². The molecule has 0 aromatic carbocycles. The van der Waals surface area contributed by atoms with E-state index in [9.17, 15) is 4.79 Å². The number of aromatic amines is 1. The summed E-state index contributed by atoms with van der Waals surface area (Å²) >= 11 is 1.72. The summed E-state index contributed by atoms with van der Waals surface area (Å²) in [6.45, 7) is 4.37. The Bertz CT molecular complexity index is 744. The Labute approximate surface area is 128 Å². The second-order valence-electron chi connectivity index (χ2n) is 6.65. The fourth-order valence-electron chi connectivity index (χ4n) is 3.25. The van der Waals surface area contributed by atoms with E-state index in [1.807, 2.05) is 0 Å². The van der Waals surface area contributed by atoms with Crippen LogP contribution >= 0.6 is 11.3 Å². The average Bonchev–Trinajstić information content (AvgIpc) is 3.16. The first kappa shape index (κ1) is 13.5. The van der Waals surface area contributed by atoms with Crippen LogP contribution in [0.2, 0.25) is 0 Å². The van der Waals surface area contributed by atoms with E-state index >= 15 is 0 Å². The second kappa shape index (κ2) is 4.92. The summed E-state index contributed by atoms with van der Waals surface area (Å²) in [5, 5.41) is 4.35. The highest BCUT2D eigenvalue weighted by molar-refractivity contribution is 7.18. The molecule has 2 aromatic heterocycles. The van der Waals surface area contributed by atoms with Crippen molar-refractivity contribution < 1.29 is 0 Å². The fraction of sp³-hybridized carbons (Fsp3) is 0.625. The van der Waals surface area contributed by atoms with Crippen molar-refractivity contribution in [1.29, 1.82) is 0 Å². The maximum atomic E-state index is 12.5. The van der Waals surface area contributed by atoms with Crippen molar-refractivity contribution in [2.24, 2.45) is 5.92 Å². The zero-order chi connectivity index (χ0) is 14.6. The highest BCUT2D eigenvalue weighted by Crippen LogP contribution is 2.35. The van der Waals surface area contributed by atoms with Gasteiger partial charge in [0.1, 0.15) is 10.7 Å². The van der Waals surface area contributed by atoms with E-state index in [1.54, 1.807) is 11.3 Å². The Morgan fingerprint density at radius 2 is 2.19 bits per heavy atom. The largest absolute Gasteiger partial charge is 0.309 e. The maximum absolute atomic E-state index is 12.5. The number of aryl methyl sites for hydroxylation is 1. The summed E-state index contributed by atoms with van der Waals surface area (Å²) in [6, 6.07) is 0.728. The van der Waals surface area contributed by atoms with Crippen molar-refractivity contribution in [3.8, 4) is 0 Å². The van der Waals surface area contributed by atoms with Gasteiger partial charge in [0.05, 0.1) is 11.4 Å². The molecule has 0 radical (unpaired) electrons. The van der Waals surface area contributed by atoms with Crippen LogP contribution in [0.25, 0.3) is 10.2 Å². The minimum absolute atomic E-state index is 0.0477. The van der Waals surface area contributed by atoms with Crippen LogP contribution in [0.1, 0.15) is 55.4 Å². The van der Waals surface area contributed by atoms with Gasteiger partial charge in [-0.05, 0) is 50.5 Å². The van der Waals surface area contributed by atoms with Gasteiger partial charge in [0.15, 0.2) is 0 Å². The zero-order valence-corrected chi connectivity index (χ0v) is 13.3. The van der Waals surface area contributed by atoms with Crippen molar-refractivity contribution in [2.75, 3.05) is 0 Å². The highest BCUT2D eigenvalue weighted by atomic mass is 32.1. The quantitative estimate of drug-likeness (QED) is 0.916. The van der Waals surface area contributed by atoms with Crippen LogP contribution in [-0.2, 0) is 12.8 Å². The Balaban J connectivity index is 1.77. The molecule has 4 rings (SSSR count). The molecule has 2 atom stereocenters. The van der Waals surface area contributed by atoms with Crippen LogP contribution in [-0.4, -0.2) is 16.0 Å². The van der Waals surface area contributed by atoms with Crippen LogP contribution < -0.4 is 10.9 Å². The predicted molar refractivity (Wildman–Crippen MR) is 86.0 cm³/mol. The lowest BCUT2D eigenvalue weighted by atomic mass is 9.89. The van der Waals surface area contributed by atoms with Gasteiger partial charge in [0.2, 0.25) is 0 Å². The molecule has 0 aliphatic heterocycles. The van der Waals surface area contributed by atoms with Crippen LogP contribution in [0.3, 0.4) is 0 Å². The maximum Gasteiger partial charge on any atom is 0.259 e. The van der Waals surface area contributed by atoms with Crippen LogP contribution in [0, 0.1) is 5.92 Å². The third-order valence-electron chi connectivity index (χ3n) is 4.66. The molecule has 2 aliphatic carbocycles. The van der Waals surface area contributed by atoms with Crippen molar-refractivity contribution >= 4 is 21.6 Å². The lowest BCUT2D eigenvalue weighted by Gasteiger charge is -2.17. The average molecular weight is 303 g/mol. The van der Waals surface area contributed by atoms with Gasteiger partial charge in [-0.2, -0.15) is 0 Å². The molecular weight excluding hydrogens is 282 g/mol. The van der Waals surface area contributed by atoms with Gasteiger partial charge in [-0.1, -0.05) is 6.92 Å². The van der Waals surface area contributed by atoms with Crippen molar-refractivity contribution in [3.05, 3.63) is 26.6 Å². The van der Waals surface area contributed by atoms with Gasteiger partial charge < -0.3 is 10.3 Å². The summed E-state index contributed by atoms with van der Waals surface area (Å²) in [4.78, 5) is 22.6. The number of aromatic nitrogens is 2. The molecule has 1 saturated carbocycles. The van der Waals surface area contributed by atoms with E-state index in [0.717, 1.165) is 34.8 Å². The molecule has 2 aliphatic rings. The number of fused-ring (bicyclic) bond motifs is 3. The number of rotatable bonds is 3.